The quantitative estimate of drug-likeness (QED) is 0.674. The lowest BCUT2D eigenvalue weighted by Gasteiger charge is -2.09. The van der Waals surface area contributed by atoms with Crippen molar-refractivity contribution in [1.29, 1.82) is 0 Å². The SMILES string of the molecule is CCCOc1ccc(OCC(=O)Nc2ccc(-n3cccn3)nc2)cc1. The minimum Gasteiger partial charge on any atom is -0.494 e. The molecule has 3 aromatic rings. The van der Waals surface area contributed by atoms with Crippen LogP contribution in [-0.2, 0) is 4.79 Å². The molecule has 3 rings (SSSR count). The molecule has 26 heavy (non-hydrogen) atoms. The third-order valence-electron chi connectivity index (χ3n) is 3.44. The van der Waals surface area contributed by atoms with Crippen molar-refractivity contribution >= 4 is 11.6 Å². The number of aromatic nitrogens is 3. The maximum atomic E-state index is 12.0. The van der Waals surface area contributed by atoms with Crippen LogP contribution < -0.4 is 14.8 Å². The van der Waals surface area contributed by atoms with E-state index in [-0.39, 0.29) is 12.5 Å². The Bertz CT molecular complexity index is 815. The predicted molar refractivity (Wildman–Crippen MR) is 97.7 cm³/mol. The molecule has 0 bridgehead atoms. The van der Waals surface area contributed by atoms with Gasteiger partial charge in [0.1, 0.15) is 11.5 Å². The molecular formula is C19H20N4O3. The highest BCUT2D eigenvalue weighted by molar-refractivity contribution is 5.91. The number of nitrogens with one attached hydrogen (secondary N) is 1. The van der Waals surface area contributed by atoms with Gasteiger partial charge in [-0.3, -0.25) is 4.79 Å². The summed E-state index contributed by atoms with van der Waals surface area (Å²) in [6, 6.07) is 12.6. The number of ether oxygens (including phenoxy) is 2. The molecule has 1 amide bonds. The van der Waals surface area contributed by atoms with Crippen molar-refractivity contribution < 1.29 is 14.3 Å². The van der Waals surface area contributed by atoms with Crippen LogP contribution >= 0.6 is 0 Å². The first-order valence-electron chi connectivity index (χ1n) is 8.36. The van der Waals surface area contributed by atoms with Crippen molar-refractivity contribution in [3.63, 3.8) is 0 Å². The summed E-state index contributed by atoms with van der Waals surface area (Å²) in [5.74, 6) is 1.81. The number of rotatable bonds is 8. The molecular weight excluding hydrogens is 332 g/mol. The third kappa shape index (κ3) is 4.83. The summed E-state index contributed by atoms with van der Waals surface area (Å²) >= 11 is 0. The fourth-order valence-corrected chi connectivity index (χ4v) is 2.20. The number of amides is 1. The highest BCUT2D eigenvalue weighted by Crippen LogP contribution is 2.18. The van der Waals surface area contributed by atoms with Gasteiger partial charge < -0.3 is 14.8 Å². The van der Waals surface area contributed by atoms with E-state index in [4.69, 9.17) is 9.47 Å². The van der Waals surface area contributed by atoms with Crippen molar-refractivity contribution in [3.05, 3.63) is 61.1 Å². The van der Waals surface area contributed by atoms with Crippen LogP contribution in [0.15, 0.2) is 61.1 Å². The highest BCUT2D eigenvalue weighted by atomic mass is 16.5. The first-order valence-corrected chi connectivity index (χ1v) is 8.36. The molecule has 134 valence electrons. The summed E-state index contributed by atoms with van der Waals surface area (Å²) in [6.45, 7) is 2.64. The Balaban J connectivity index is 1.48. The van der Waals surface area contributed by atoms with Crippen LogP contribution in [0.25, 0.3) is 5.82 Å². The molecule has 2 aromatic heterocycles. The lowest BCUT2D eigenvalue weighted by molar-refractivity contribution is -0.118. The Hall–Kier alpha value is -3.35. The van der Waals surface area contributed by atoms with Crippen LogP contribution in [0.2, 0.25) is 0 Å². The van der Waals surface area contributed by atoms with E-state index >= 15 is 0 Å². The molecule has 0 spiro atoms. The van der Waals surface area contributed by atoms with Crippen LogP contribution in [0.1, 0.15) is 13.3 Å². The van der Waals surface area contributed by atoms with E-state index in [9.17, 15) is 4.79 Å². The number of hydrogen-bond acceptors (Lipinski definition) is 5. The largest absolute Gasteiger partial charge is 0.494 e. The van der Waals surface area contributed by atoms with Gasteiger partial charge in [-0.25, -0.2) is 9.67 Å². The second-order valence-corrected chi connectivity index (χ2v) is 5.51. The van der Waals surface area contributed by atoms with Crippen molar-refractivity contribution in [3.8, 4) is 17.3 Å². The Kier molecular flexibility index (Phi) is 5.82. The summed E-state index contributed by atoms with van der Waals surface area (Å²) < 4.78 is 12.6. The monoisotopic (exact) mass is 352 g/mol. The summed E-state index contributed by atoms with van der Waals surface area (Å²) in [4.78, 5) is 16.3. The van der Waals surface area contributed by atoms with E-state index in [0.717, 1.165) is 12.2 Å². The van der Waals surface area contributed by atoms with Gasteiger partial charge in [0.25, 0.3) is 5.91 Å². The van der Waals surface area contributed by atoms with Crippen molar-refractivity contribution in [2.24, 2.45) is 0 Å². The molecule has 7 heteroatoms. The summed E-state index contributed by atoms with van der Waals surface area (Å²) in [7, 11) is 0. The number of nitrogens with zero attached hydrogens (tertiary/aromatic N) is 3. The van der Waals surface area contributed by atoms with Crippen LogP contribution in [0, 0.1) is 0 Å². The summed E-state index contributed by atoms with van der Waals surface area (Å²) in [6.07, 6.45) is 6.01. The second kappa shape index (κ2) is 8.66. The maximum Gasteiger partial charge on any atom is 0.262 e. The topological polar surface area (TPSA) is 78.3 Å². The summed E-state index contributed by atoms with van der Waals surface area (Å²) in [5, 5.41) is 6.84. The molecule has 1 aromatic carbocycles. The van der Waals surface area contributed by atoms with Gasteiger partial charge in [0.2, 0.25) is 0 Å². The van der Waals surface area contributed by atoms with Gasteiger partial charge in [-0.1, -0.05) is 6.92 Å². The standard InChI is InChI=1S/C19H20N4O3/c1-2-12-25-16-5-7-17(8-6-16)26-14-19(24)22-15-4-9-18(20-13-15)23-11-3-10-21-23/h3-11,13H,2,12,14H2,1H3,(H,22,24). The highest BCUT2D eigenvalue weighted by Gasteiger charge is 2.05. The Morgan fingerprint density at radius 2 is 1.88 bits per heavy atom. The van der Waals surface area contributed by atoms with E-state index < -0.39 is 0 Å². The zero-order chi connectivity index (χ0) is 18.2. The first-order chi connectivity index (χ1) is 12.7. The number of anilines is 1. The van der Waals surface area contributed by atoms with Gasteiger partial charge in [-0.15, -0.1) is 0 Å². The minimum atomic E-state index is -0.259. The Morgan fingerprint density at radius 1 is 1.12 bits per heavy atom. The van der Waals surface area contributed by atoms with E-state index in [0.29, 0.717) is 23.9 Å². The molecule has 0 saturated carbocycles. The number of hydrogen-bond donors (Lipinski definition) is 1. The second-order valence-electron chi connectivity index (χ2n) is 5.51. The molecule has 2 heterocycles. The van der Waals surface area contributed by atoms with Crippen LogP contribution in [-0.4, -0.2) is 33.9 Å². The molecule has 0 aliphatic carbocycles. The van der Waals surface area contributed by atoms with Crippen molar-refractivity contribution in [2.45, 2.75) is 13.3 Å². The van der Waals surface area contributed by atoms with Gasteiger partial charge in [-0.05, 0) is 48.9 Å². The molecule has 7 nitrogen and oxygen atoms in total. The van der Waals surface area contributed by atoms with Crippen LogP contribution in [0.5, 0.6) is 11.5 Å². The van der Waals surface area contributed by atoms with Gasteiger partial charge in [-0.2, -0.15) is 5.10 Å². The minimum absolute atomic E-state index is 0.0872. The number of carbonyl (C=O) groups is 1. The molecule has 0 aliphatic rings. The molecule has 0 saturated heterocycles. The Morgan fingerprint density at radius 3 is 2.50 bits per heavy atom. The van der Waals surface area contributed by atoms with Gasteiger partial charge in [0.05, 0.1) is 18.5 Å². The van der Waals surface area contributed by atoms with Crippen molar-refractivity contribution in [2.75, 3.05) is 18.5 Å². The van der Waals surface area contributed by atoms with E-state index in [2.05, 4.69) is 22.3 Å². The average Bonchev–Trinajstić information content (AvgIpc) is 3.21. The fourth-order valence-electron chi connectivity index (χ4n) is 2.20. The maximum absolute atomic E-state index is 12.0. The molecule has 0 fully saturated rings. The van der Waals surface area contributed by atoms with Gasteiger partial charge in [0.15, 0.2) is 12.4 Å². The molecule has 0 radical (unpaired) electrons. The van der Waals surface area contributed by atoms with E-state index in [1.165, 1.54) is 0 Å². The van der Waals surface area contributed by atoms with Gasteiger partial charge >= 0.3 is 0 Å². The lowest BCUT2D eigenvalue weighted by Crippen LogP contribution is -2.20. The first kappa shape index (κ1) is 17.5. The van der Waals surface area contributed by atoms with Gasteiger partial charge in [0, 0.05) is 12.4 Å². The molecule has 0 atom stereocenters. The zero-order valence-electron chi connectivity index (χ0n) is 14.5. The summed E-state index contributed by atoms with van der Waals surface area (Å²) in [5.41, 5.74) is 0.595. The van der Waals surface area contributed by atoms with E-state index in [1.54, 1.807) is 47.5 Å². The lowest BCUT2D eigenvalue weighted by atomic mass is 10.3. The average molecular weight is 352 g/mol. The normalized spacial score (nSPS) is 10.3. The van der Waals surface area contributed by atoms with Crippen LogP contribution in [0.3, 0.4) is 0 Å². The zero-order valence-corrected chi connectivity index (χ0v) is 14.5. The van der Waals surface area contributed by atoms with Crippen LogP contribution in [0.4, 0.5) is 5.69 Å². The van der Waals surface area contributed by atoms with E-state index in [1.807, 2.05) is 18.2 Å². The number of carbonyl (C=O) groups excluding carboxylic acids is 1. The third-order valence-corrected chi connectivity index (χ3v) is 3.44. The predicted octanol–water partition coefficient (Wildman–Crippen LogP) is 3.07. The number of pyridine rings is 1. The molecule has 0 unspecified atom stereocenters. The molecule has 1 N–H and O–H groups in total. The smallest absolute Gasteiger partial charge is 0.262 e. The fraction of sp³-hybridized carbons (Fsp3) is 0.211. The Labute approximate surface area is 151 Å². The number of benzene rings is 1. The molecule has 0 aliphatic heterocycles. The van der Waals surface area contributed by atoms with Crippen molar-refractivity contribution in [1.82, 2.24) is 14.8 Å².